The molecule has 0 saturated heterocycles. The quantitative estimate of drug-likeness (QED) is 0.246. The monoisotopic (exact) mass is 368 g/mol. The van der Waals surface area contributed by atoms with Crippen LogP contribution in [0, 0.1) is 0 Å². The molecule has 4 aromatic carbocycles. The Labute approximate surface area is 162 Å². The molecule has 0 saturated carbocycles. The van der Waals surface area contributed by atoms with E-state index >= 15 is 0 Å². The van der Waals surface area contributed by atoms with Crippen LogP contribution in [-0.4, -0.2) is 28.7 Å². The van der Waals surface area contributed by atoms with Gasteiger partial charge in [-0.15, -0.1) is 0 Å². The Balaban J connectivity index is 1.57. The Morgan fingerprint density at radius 3 is 1.82 bits per heavy atom. The molecule has 0 amide bonds. The summed E-state index contributed by atoms with van der Waals surface area (Å²) in [6.45, 7) is 0. The van der Waals surface area contributed by atoms with Gasteiger partial charge in [0.05, 0.1) is 6.42 Å². The van der Waals surface area contributed by atoms with Gasteiger partial charge in [0.25, 0.3) is 0 Å². The molecule has 0 aliphatic carbocycles. The average molecular weight is 368 g/mol. The Hall–Kier alpha value is -3.28. The van der Waals surface area contributed by atoms with Crippen LogP contribution in [0.1, 0.15) is 27.1 Å². The van der Waals surface area contributed by atoms with Gasteiger partial charge in [-0.3, -0.25) is 9.59 Å². The van der Waals surface area contributed by atoms with E-state index < -0.39 is 7.12 Å². The molecule has 2 N–H and O–H groups in total. The molecule has 0 fully saturated rings. The van der Waals surface area contributed by atoms with Crippen molar-refractivity contribution >= 4 is 45.7 Å². The molecule has 0 aromatic heterocycles. The molecule has 0 aliphatic rings. The number of fused-ring (bicyclic) bond motifs is 2. The molecule has 0 heterocycles. The maximum atomic E-state index is 12.6. The molecular weight excluding hydrogens is 351 g/mol. The first-order valence-corrected chi connectivity index (χ1v) is 8.96. The number of Topliss-reactive ketones (excluding diaryl/α,β-unsaturated/α-hetero) is 2. The van der Waals surface area contributed by atoms with Crippen LogP contribution in [0.15, 0.2) is 78.9 Å². The Bertz CT molecular complexity index is 1200. The zero-order valence-corrected chi connectivity index (χ0v) is 15.0. The second kappa shape index (κ2) is 7.39. The summed E-state index contributed by atoms with van der Waals surface area (Å²) >= 11 is 0. The molecule has 4 nitrogen and oxygen atoms in total. The van der Waals surface area contributed by atoms with Crippen LogP contribution < -0.4 is 5.46 Å². The zero-order valence-electron chi connectivity index (χ0n) is 15.0. The molecule has 28 heavy (non-hydrogen) atoms. The van der Waals surface area contributed by atoms with Crippen LogP contribution in [0.4, 0.5) is 0 Å². The predicted molar refractivity (Wildman–Crippen MR) is 111 cm³/mol. The standard InChI is InChI=1S/C23H17BO4/c25-22(15-7-9-21(10-8-15)24(27)28)14-23(26)19-6-5-18-11-16-3-1-2-4-17(16)12-20(18)13-19/h1-13,27-28H,14H2. The van der Waals surface area contributed by atoms with Gasteiger partial charge in [-0.1, -0.05) is 60.7 Å². The summed E-state index contributed by atoms with van der Waals surface area (Å²) in [6, 6.07) is 23.6. The Morgan fingerprint density at radius 1 is 0.643 bits per heavy atom. The highest BCUT2D eigenvalue weighted by atomic mass is 16.4. The molecule has 5 heteroatoms. The van der Waals surface area contributed by atoms with Gasteiger partial charge in [-0.2, -0.15) is 0 Å². The molecule has 136 valence electrons. The molecule has 0 aliphatic heterocycles. The SMILES string of the molecule is O=C(CC(=O)c1ccc2cc3ccccc3cc2c1)c1ccc(B(O)O)cc1. The molecule has 0 spiro atoms. The Morgan fingerprint density at radius 2 is 1.18 bits per heavy atom. The van der Waals surface area contributed by atoms with Crippen LogP contribution in [0.2, 0.25) is 0 Å². The van der Waals surface area contributed by atoms with Crippen LogP contribution in [0.5, 0.6) is 0 Å². The topological polar surface area (TPSA) is 74.6 Å². The number of rotatable bonds is 5. The van der Waals surface area contributed by atoms with E-state index in [2.05, 4.69) is 6.07 Å². The summed E-state index contributed by atoms with van der Waals surface area (Å²) < 4.78 is 0. The third-order valence-electron chi connectivity index (χ3n) is 4.88. The van der Waals surface area contributed by atoms with Crippen molar-refractivity contribution in [3.05, 3.63) is 90.0 Å². The number of carbonyl (C=O) groups excluding carboxylic acids is 2. The smallest absolute Gasteiger partial charge is 0.423 e. The number of hydrogen-bond donors (Lipinski definition) is 2. The molecule has 4 aromatic rings. The fourth-order valence-electron chi connectivity index (χ4n) is 3.30. The lowest BCUT2D eigenvalue weighted by Crippen LogP contribution is -2.29. The first-order chi connectivity index (χ1) is 13.5. The second-order valence-corrected chi connectivity index (χ2v) is 6.78. The first-order valence-electron chi connectivity index (χ1n) is 8.96. The van der Waals surface area contributed by atoms with E-state index in [1.807, 2.05) is 42.5 Å². The van der Waals surface area contributed by atoms with E-state index in [-0.39, 0.29) is 18.0 Å². The van der Waals surface area contributed by atoms with Gasteiger partial charge in [-0.25, -0.2) is 0 Å². The molecule has 4 rings (SSSR count). The van der Waals surface area contributed by atoms with Gasteiger partial charge in [0.15, 0.2) is 11.6 Å². The van der Waals surface area contributed by atoms with Crippen LogP contribution >= 0.6 is 0 Å². The van der Waals surface area contributed by atoms with Gasteiger partial charge in [-0.05, 0) is 45.2 Å². The maximum Gasteiger partial charge on any atom is 0.488 e. The minimum atomic E-state index is -1.58. The summed E-state index contributed by atoms with van der Waals surface area (Å²) in [5, 5.41) is 22.5. The number of ketones is 2. The third kappa shape index (κ3) is 3.58. The van der Waals surface area contributed by atoms with E-state index in [1.165, 1.54) is 24.3 Å². The lowest BCUT2D eigenvalue weighted by molar-refractivity contribution is 0.0894. The summed E-state index contributed by atoms with van der Waals surface area (Å²) in [5.41, 5.74) is 1.16. The summed E-state index contributed by atoms with van der Waals surface area (Å²) in [5.74, 6) is -0.547. The zero-order chi connectivity index (χ0) is 19.7. The minimum Gasteiger partial charge on any atom is -0.423 e. The first kappa shape index (κ1) is 18.1. The van der Waals surface area contributed by atoms with E-state index in [9.17, 15) is 9.59 Å². The summed E-state index contributed by atoms with van der Waals surface area (Å²) in [4.78, 5) is 25.0. The molecule has 0 atom stereocenters. The van der Waals surface area contributed by atoms with Crippen molar-refractivity contribution in [1.82, 2.24) is 0 Å². The highest BCUT2D eigenvalue weighted by molar-refractivity contribution is 6.58. The lowest BCUT2D eigenvalue weighted by atomic mass is 9.80. The van der Waals surface area contributed by atoms with Crippen LogP contribution in [0.25, 0.3) is 21.5 Å². The average Bonchev–Trinajstić information content (AvgIpc) is 2.71. The lowest BCUT2D eigenvalue weighted by Gasteiger charge is -2.06. The second-order valence-electron chi connectivity index (χ2n) is 6.78. The van der Waals surface area contributed by atoms with Crippen molar-refractivity contribution in [2.24, 2.45) is 0 Å². The van der Waals surface area contributed by atoms with Crippen molar-refractivity contribution < 1.29 is 19.6 Å². The third-order valence-corrected chi connectivity index (χ3v) is 4.88. The minimum absolute atomic E-state index is 0.236. The molecular formula is C23H17BO4. The maximum absolute atomic E-state index is 12.6. The van der Waals surface area contributed by atoms with E-state index in [4.69, 9.17) is 10.0 Å². The van der Waals surface area contributed by atoms with Gasteiger partial charge >= 0.3 is 7.12 Å². The van der Waals surface area contributed by atoms with Crippen molar-refractivity contribution in [1.29, 1.82) is 0 Å². The largest absolute Gasteiger partial charge is 0.488 e. The van der Waals surface area contributed by atoms with Crippen LogP contribution in [0.3, 0.4) is 0 Å². The van der Waals surface area contributed by atoms with E-state index in [1.54, 1.807) is 6.07 Å². The number of benzene rings is 4. The van der Waals surface area contributed by atoms with Gasteiger partial charge in [0.2, 0.25) is 0 Å². The molecule has 0 bridgehead atoms. The highest BCUT2D eigenvalue weighted by Gasteiger charge is 2.16. The van der Waals surface area contributed by atoms with Crippen LogP contribution in [-0.2, 0) is 0 Å². The number of carbonyl (C=O) groups is 2. The van der Waals surface area contributed by atoms with Crippen molar-refractivity contribution in [3.63, 3.8) is 0 Å². The highest BCUT2D eigenvalue weighted by Crippen LogP contribution is 2.24. The van der Waals surface area contributed by atoms with Crippen molar-refractivity contribution in [3.8, 4) is 0 Å². The van der Waals surface area contributed by atoms with Crippen molar-refractivity contribution in [2.45, 2.75) is 6.42 Å². The molecule has 0 radical (unpaired) electrons. The Kier molecular flexibility index (Phi) is 4.78. The van der Waals surface area contributed by atoms with E-state index in [0.29, 0.717) is 16.6 Å². The number of hydrogen-bond acceptors (Lipinski definition) is 4. The molecule has 0 unspecified atom stereocenters. The van der Waals surface area contributed by atoms with Gasteiger partial charge in [0.1, 0.15) is 0 Å². The predicted octanol–water partition coefficient (Wildman–Crippen LogP) is 3.13. The van der Waals surface area contributed by atoms with Gasteiger partial charge in [0, 0.05) is 11.1 Å². The van der Waals surface area contributed by atoms with Crippen molar-refractivity contribution in [2.75, 3.05) is 0 Å². The fraction of sp³-hybridized carbons (Fsp3) is 0.0435. The summed E-state index contributed by atoms with van der Waals surface area (Å²) in [6.07, 6.45) is -0.236. The summed E-state index contributed by atoms with van der Waals surface area (Å²) in [7, 11) is -1.58. The van der Waals surface area contributed by atoms with E-state index in [0.717, 1.165) is 21.5 Å². The normalized spacial score (nSPS) is 10.9. The van der Waals surface area contributed by atoms with Gasteiger partial charge < -0.3 is 10.0 Å². The fourth-order valence-corrected chi connectivity index (χ4v) is 3.30.